The Hall–Kier alpha value is -1.44. The smallest absolute Gasteiger partial charge is 0.243 e. The molecule has 20 heavy (non-hydrogen) atoms. The van der Waals surface area contributed by atoms with Gasteiger partial charge in [-0.3, -0.25) is 0 Å². The van der Waals surface area contributed by atoms with Crippen molar-refractivity contribution < 1.29 is 23.2 Å². The summed E-state index contributed by atoms with van der Waals surface area (Å²) >= 11 is 0. The van der Waals surface area contributed by atoms with Gasteiger partial charge in [-0.2, -0.15) is 4.31 Å². The SMILES string of the molecule is C[NH+]1CCCN(S(=O)(=O)c2ccc(C(=O)[O-])cc2)CC1. The molecular formula is C13H18N2O4S. The molecule has 1 N–H and O–H groups in total. The van der Waals surface area contributed by atoms with Gasteiger partial charge < -0.3 is 14.8 Å². The quantitative estimate of drug-likeness (QED) is 0.697. The van der Waals surface area contributed by atoms with Gasteiger partial charge in [0.25, 0.3) is 0 Å². The fourth-order valence-electron chi connectivity index (χ4n) is 2.26. The van der Waals surface area contributed by atoms with E-state index in [9.17, 15) is 18.3 Å². The number of carboxylic acids is 1. The second-order valence-electron chi connectivity index (χ2n) is 5.03. The first-order valence-corrected chi connectivity index (χ1v) is 7.98. The second-order valence-corrected chi connectivity index (χ2v) is 6.96. The van der Waals surface area contributed by atoms with E-state index in [2.05, 4.69) is 0 Å². The molecule has 1 aliphatic heterocycles. The zero-order chi connectivity index (χ0) is 14.8. The van der Waals surface area contributed by atoms with Crippen LogP contribution in [0.25, 0.3) is 0 Å². The van der Waals surface area contributed by atoms with Crippen LogP contribution in [0.3, 0.4) is 0 Å². The molecule has 6 nitrogen and oxygen atoms in total. The Kier molecular flexibility index (Phi) is 4.42. The maximum atomic E-state index is 12.5. The van der Waals surface area contributed by atoms with E-state index in [4.69, 9.17) is 0 Å². The molecule has 1 aromatic carbocycles. The Morgan fingerprint density at radius 2 is 1.85 bits per heavy atom. The molecule has 0 aliphatic carbocycles. The lowest BCUT2D eigenvalue weighted by atomic mass is 10.2. The number of nitrogens with zero attached hydrogens (tertiary/aromatic N) is 1. The van der Waals surface area contributed by atoms with E-state index in [0.29, 0.717) is 13.1 Å². The number of likely N-dealkylation sites (N-methyl/N-ethyl adjacent to an activating group) is 1. The largest absolute Gasteiger partial charge is 0.545 e. The lowest BCUT2D eigenvalue weighted by Gasteiger charge is -2.19. The van der Waals surface area contributed by atoms with Crippen molar-refractivity contribution in [2.45, 2.75) is 11.3 Å². The molecule has 2 rings (SSSR count). The number of aromatic carboxylic acids is 1. The van der Waals surface area contributed by atoms with Gasteiger partial charge in [0.15, 0.2) is 0 Å². The van der Waals surface area contributed by atoms with Crippen molar-refractivity contribution in [2.24, 2.45) is 0 Å². The molecule has 1 aromatic rings. The molecule has 0 aromatic heterocycles. The Balaban J connectivity index is 2.23. The van der Waals surface area contributed by atoms with Crippen LogP contribution in [0.2, 0.25) is 0 Å². The predicted molar refractivity (Wildman–Crippen MR) is 70.8 cm³/mol. The monoisotopic (exact) mass is 298 g/mol. The summed E-state index contributed by atoms with van der Waals surface area (Å²) in [5.74, 6) is -1.31. The summed E-state index contributed by atoms with van der Waals surface area (Å²) in [5.41, 5.74) is -0.0241. The number of carbonyl (C=O) groups excluding carboxylic acids is 1. The third-order valence-corrected chi connectivity index (χ3v) is 5.44. The van der Waals surface area contributed by atoms with Crippen LogP contribution < -0.4 is 10.0 Å². The molecule has 1 fully saturated rings. The van der Waals surface area contributed by atoms with Gasteiger partial charge in [-0.05, 0) is 17.7 Å². The minimum atomic E-state index is -3.54. The molecule has 0 bridgehead atoms. The van der Waals surface area contributed by atoms with E-state index >= 15 is 0 Å². The molecule has 110 valence electrons. The number of hydrogen-bond donors (Lipinski definition) is 1. The molecule has 1 atom stereocenters. The fourth-order valence-corrected chi connectivity index (χ4v) is 3.74. The van der Waals surface area contributed by atoms with Gasteiger partial charge in [-0.15, -0.1) is 0 Å². The van der Waals surface area contributed by atoms with Crippen molar-refractivity contribution >= 4 is 16.0 Å². The number of rotatable bonds is 3. The summed E-state index contributed by atoms with van der Waals surface area (Å²) in [7, 11) is -1.50. The topological polar surface area (TPSA) is 82.0 Å². The van der Waals surface area contributed by atoms with Gasteiger partial charge in [0.05, 0.1) is 37.5 Å². The molecule has 0 saturated carbocycles. The maximum Gasteiger partial charge on any atom is 0.243 e. The van der Waals surface area contributed by atoms with Crippen LogP contribution in [0, 0.1) is 0 Å². The predicted octanol–water partition coefficient (Wildman–Crippen LogP) is -2.04. The first-order valence-electron chi connectivity index (χ1n) is 6.54. The van der Waals surface area contributed by atoms with Crippen LogP contribution in [0.15, 0.2) is 29.2 Å². The normalized spacial score (nSPS) is 21.4. The van der Waals surface area contributed by atoms with Crippen LogP contribution in [-0.4, -0.2) is 51.9 Å². The summed E-state index contributed by atoms with van der Waals surface area (Å²) in [4.78, 5) is 12.1. The Morgan fingerprint density at radius 1 is 1.20 bits per heavy atom. The van der Waals surface area contributed by atoms with Crippen molar-refractivity contribution in [3.8, 4) is 0 Å². The maximum absolute atomic E-state index is 12.5. The minimum absolute atomic E-state index is 0.0241. The van der Waals surface area contributed by atoms with Crippen molar-refractivity contribution in [3.05, 3.63) is 29.8 Å². The first kappa shape index (κ1) is 15.0. The van der Waals surface area contributed by atoms with Gasteiger partial charge in [0.2, 0.25) is 10.0 Å². The van der Waals surface area contributed by atoms with E-state index < -0.39 is 16.0 Å². The third-order valence-electron chi connectivity index (χ3n) is 3.53. The molecule has 7 heteroatoms. The van der Waals surface area contributed by atoms with Gasteiger partial charge >= 0.3 is 0 Å². The zero-order valence-electron chi connectivity index (χ0n) is 11.3. The summed E-state index contributed by atoms with van der Waals surface area (Å²) in [6, 6.07) is 5.17. The van der Waals surface area contributed by atoms with Gasteiger partial charge in [0, 0.05) is 13.0 Å². The molecule has 0 radical (unpaired) electrons. The molecule has 0 amide bonds. The second kappa shape index (κ2) is 5.90. The minimum Gasteiger partial charge on any atom is -0.545 e. The van der Waals surface area contributed by atoms with Gasteiger partial charge in [0.1, 0.15) is 0 Å². The van der Waals surface area contributed by atoms with Gasteiger partial charge in [-0.25, -0.2) is 8.42 Å². The zero-order valence-corrected chi connectivity index (χ0v) is 12.1. The number of sulfonamides is 1. The van der Waals surface area contributed by atoms with E-state index in [-0.39, 0.29) is 10.5 Å². The van der Waals surface area contributed by atoms with E-state index in [1.54, 1.807) is 0 Å². The number of carboxylic acid groups (broad SMARTS) is 1. The number of benzene rings is 1. The van der Waals surface area contributed by atoms with Crippen LogP contribution in [0.1, 0.15) is 16.8 Å². The highest BCUT2D eigenvalue weighted by Gasteiger charge is 2.27. The highest BCUT2D eigenvalue weighted by molar-refractivity contribution is 7.89. The lowest BCUT2D eigenvalue weighted by molar-refractivity contribution is -0.877. The van der Waals surface area contributed by atoms with E-state index in [1.165, 1.54) is 33.5 Å². The lowest BCUT2D eigenvalue weighted by Crippen LogP contribution is -3.09. The Labute approximate surface area is 118 Å². The third kappa shape index (κ3) is 3.17. The summed E-state index contributed by atoms with van der Waals surface area (Å²) < 4.78 is 26.4. The van der Waals surface area contributed by atoms with Crippen molar-refractivity contribution in [2.75, 3.05) is 33.2 Å². The van der Waals surface area contributed by atoms with Gasteiger partial charge in [-0.1, -0.05) is 12.1 Å². The summed E-state index contributed by atoms with van der Waals surface area (Å²) in [5, 5.41) is 10.7. The Bertz CT molecular complexity index is 583. The average molecular weight is 298 g/mol. The number of hydrogen-bond acceptors (Lipinski definition) is 4. The number of quaternary nitrogens is 1. The van der Waals surface area contributed by atoms with Crippen molar-refractivity contribution in [1.82, 2.24) is 4.31 Å². The molecule has 1 aliphatic rings. The highest BCUT2D eigenvalue weighted by atomic mass is 32.2. The average Bonchev–Trinajstić information content (AvgIpc) is 2.64. The Morgan fingerprint density at radius 3 is 2.45 bits per heavy atom. The molecule has 1 heterocycles. The van der Waals surface area contributed by atoms with E-state index in [1.807, 2.05) is 7.05 Å². The summed E-state index contributed by atoms with van der Waals surface area (Å²) in [6.45, 7) is 2.71. The number of carbonyl (C=O) groups is 1. The molecular weight excluding hydrogens is 280 g/mol. The molecule has 1 saturated heterocycles. The van der Waals surface area contributed by atoms with Crippen LogP contribution in [0.5, 0.6) is 0 Å². The highest BCUT2D eigenvalue weighted by Crippen LogP contribution is 2.16. The standard InChI is InChI=1S/C13H18N2O4S/c1-14-7-2-8-15(10-9-14)20(18,19)12-5-3-11(4-6-12)13(16)17/h3-6H,2,7-10H2,1H3,(H,16,17). The summed E-state index contributed by atoms with van der Waals surface area (Å²) in [6.07, 6.45) is 0.822. The first-order chi connectivity index (χ1) is 9.41. The molecule has 1 unspecified atom stereocenters. The number of nitrogens with one attached hydrogen (secondary N) is 1. The van der Waals surface area contributed by atoms with Crippen LogP contribution >= 0.6 is 0 Å². The van der Waals surface area contributed by atoms with Crippen molar-refractivity contribution in [1.29, 1.82) is 0 Å². The van der Waals surface area contributed by atoms with Crippen LogP contribution in [-0.2, 0) is 10.0 Å². The fraction of sp³-hybridized carbons (Fsp3) is 0.462. The van der Waals surface area contributed by atoms with Crippen LogP contribution in [0.4, 0.5) is 0 Å². The van der Waals surface area contributed by atoms with Crippen molar-refractivity contribution in [3.63, 3.8) is 0 Å². The van der Waals surface area contributed by atoms with E-state index in [0.717, 1.165) is 19.5 Å². The molecule has 0 spiro atoms.